The van der Waals surface area contributed by atoms with Crippen LogP contribution in [0.25, 0.3) is 0 Å². The normalized spacial score (nSPS) is 11.6. The van der Waals surface area contributed by atoms with E-state index in [0.717, 1.165) is 12.3 Å². The van der Waals surface area contributed by atoms with Crippen LogP contribution in [0.1, 0.15) is 24.2 Å². The second kappa shape index (κ2) is 6.98. The van der Waals surface area contributed by atoms with Gasteiger partial charge < -0.3 is 10.2 Å². The maximum absolute atomic E-state index is 12.0. The molecule has 1 aromatic rings. The third kappa shape index (κ3) is 4.12. The standard InChI is InChI=1S/C12H15ClN4O4/c1-4-16(3)12(19)7(2)15-11(18)9-5-8(17(20)21)6-14-10(9)13/h5-7H,4H2,1-3H3,(H,15,18). The van der Waals surface area contributed by atoms with Crippen LogP contribution >= 0.6 is 11.6 Å². The fourth-order valence-corrected chi connectivity index (χ4v) is 1.71. The van der Waals surface area contributed by atoms with Crippen LogP contribution in [0.4, 0.5) is 5.69 Å². The van der Waals surface area contributed by atoms with E-state index in [0.29, 0.717) is 6.54 Å². The molecule has 0 aliphatic carbocycles. The Labute approximate surface area is 126 Å². The Morgan fingerprint density at radius 2 is 2.19 bits per heavy atom. The van der Waals surface area contributed by atoms with Crippen LogP contribution < -0.4 is 5.32 Å². The van der Waals surface area contributed by atoms with Crippen molar-refractivity contribution in [3.63, 3.8) is 0 Å². The molecule has 0 radical (unpaired) electrons. The minimum absolute atomic E-state index is 0.148. The number of rotatable bonds is 5. The van der Waals surface area contributed by atoms with Gasteiger partial charge in [-0.25, -0.2) is 4.98 Å². The molecule has 1 aromatic heterocycles. The Bertz CT molecular complexity index is 578. The molecule has 0 aromatic carbocycles. The van der Waals surface area contributed by atoms with E-state index in [1.165, 1.54) is 11.8 Å². The van der Waals surface area contributed by atoms with Crippen molar-refractivity contribution >= 4 is 29.1 Å². The van der Waals surface area contributed by atoms with Crippen LogP contribution in [-0.4, -0.2) is 46.3 Å². The van der Waals surface area contributed by atoms with Gasteiger partial charge >= 0.3 is 0 Å². The molecule has 2 amide bonds. The molecule has 1 atom stereocenters. The van der Waals surface area contributed by atoms with E-state index < -0.39 is 16.9 Å². The van der Waals surface area contributed by atoms with E-state index in [1.807, 2.05) is 0 Å². The number of hydrogen-bond acceptors (Lipinski definition) is 5. The third-order valence-electron chi connectivity index (χ3n) is 2.85. The van der Waals surface area contributed by atoms with Crippen LogP contribution in [0, 0.1) is 10.1 Å². The predicted octanol–water partition coefficient (Wildman–Crippen LogP) is 1.24. The molecule has 0 aliphatic heterocycles. The van der Waals surface area contributed by atoms with Crippen molar-refractivity contribution in [1.82, 2.24) is 15.2 Å². The van der Waals surface area contributed by atoms with Crippen molar-refractivity contribution in [2.24, 2.45) is 0 Å². The monoisotopic (exact) mass is 314 g/mol. The third-order valence-corrected chi connectivity index (χ3v) is 3.15. The van der Waals surface area contributed by atoms with Crippen LogP contribution in [0.2, 0.25) is 5.15 Å². The minimum atomic E-state index is -0.780. The molecule has 114 valence electrons. The lowest BCUT2D eigenvalue weighted by Gasteiger charge is -2.20. The molecule has 0 bridgehead atoms. The zero-order valence-corrected chi connectivity index (χ0v) is 12.5. The Balaban J connectivity index is 2.92. The van der Waals surface area contributed by atoms with E-state index in [-0.39, 0.29) is 22.3 Å². The van der Waals surface area contributed by atoms with Crippen LogP contribution in [0.3, 0.4) is 0 Å². The first-order valence-corrected chi connectivity index (χ1v) is 6.51. The van der Waals surface area contributed by atoms with Crippen molar-refractivity contribution in [2.45, 2.75) is 19.9 Å². The number of nitrogens with zero attached hydrogens (tertiary/aromatic N) is 3. The highest BCUT2D eigenvalue weighted by molar-refractivity contribution is 6.32. The van der Waals surface area contributed by atoms with E-state index >= 15 is 0 Å². The van der Waals surface area contributed by atoms with Gasteiger partial charge in [0.2, 0.25) is 5.91 Å². The minimum Gasteiger partial charge on any atom is -0.344 e. The highest BCUT2D eigenvalue weighted by Crippen LogP contribution is 2.19. The molecule has 9 heteroatoms. The van der Waals surface area contributed by atoms with Crippen molar-refractivity contribution < 1.29 is 14.5 Å². The lowest BCUT2D eigenvalue weighted by molar-refractivity contribution is -0.385. The number of aromatic nitrogens is 1. The van der Waals surface area contributed by atoms with Gasteiger partial charge in [0.1, 0.15) is 17.4 Å². The summed E-state index contributed by atoms with van der Waals surface area (Å²) in [6.07, 6.45) is 0.957. The summed E-state index contributed by atoms with van der Waals surface area (Å²) >= 11 is 5.76. The molecule has 1 heterocycles. The van der Waals surface area contributed by atoms with Crippen molar-refractivity contribution in [3.8, 4) is 0 Å². The van der Waals surface area contributed by atoms with E-state index in [9.17, 15) is 19.7 Å². The quantitative estimate of drug-likeness (QED) is 0.500. The highest BCUT2D eigenvalue weighted by atomic mass is 35.5. The van der Waals surface area contributed by atoms with Crippen LogP contribution in [0.15, 0.2) is 12.3 Å². The molecular weight excluding hydrogens is 300 g/mol. The Morgan fingerprint density at radius 1 is 1.57 bits per heavy atom. The molecular formula is C12H15ClN4O4. The topological polar surface area (TPSA) is 105 Å². The summed E-state index contributed by atoms with van der Waals surface area (Å²) in [4.78, 5) is 38.9. The lowest BCUT2D eigenvalue weighted by Crippen LogP contribution is -2.45. The van der Waals surface area contributed by atoms with Crippen molar-refractivity contribution in [3.05, 3.63) is 33.1 Å². The van der Waals surface area contributed by atoms with Gasteiger partial charge in [-0.15, -0.1) is 0 Å². The maximum Gasteiger partial charge on any atom is 0.288 e. The van der Waals surface area contributed by atoms with Gasteiger partial charge in [0.05, 0.1) is 10.5 Å². The number of carbonyl (C=O) groups is 2. The molecule has 0 spiro atoms. The summed E-state index contributed by atoms with van der Waals surface area (Å²) in [6.45, 7) is 3.82. The number of pyridine rings is 1. The fourth-order valence-electron chi connectivity index (χ4n) is 1.52. The summed E-state index contributed by atoms with van der Waals surface area (Å²) in [7, 11) is 1.60. The van der Waals surface area contributed by atoms with Gasteiger partial charge in [-0.2, -0.15) is 0 Å². The average molecular weight is 315 g/mol. The lowest BCUT2D eigenvalue weighted by atomic mass is 10.2. The van der Waals surface area contributed by atoms with Crippen LogP contribution in [-0.2, 0) is 4.79 Å². The summed E-state index contributed by atoms with van der Waals surface area (Å²) in [5, 5.41) is 13.0. The predicted molar refractivity (Wildman–Crippen MR) is 76.1 cm³/mol. The second-order valence-corrected chi connectivity index (χ2v) is 4.69. The van der Waals surface area contributed by atoms with Crippen molar-refractivity contribution in [1.29, 1.82) is 0 Å². The number of hydrogen-bond donors (Lipinski definition) is 1. The van der Waals surface area contributed by atoms with E-state index in [4.69, 9.17) is 11.6 Å². The average Bonchev–Trinajstić information content (AvgIpc) is 2.45. The summed E-state index contributed by atoms with van der Waals surface area (Å²) in [5.74, 6) is -0.970. The summed E-state index contributed by atoms with van der Waals surface area (Å²) in [6, 6.07) is 0.239. The van der Waals surface area contributed by atoms with Gasteiger partial charge in [-0.3, -0.25) is 19.7 Å². The summed E-state index contributed by atoms with van der Waals surface area (Å²) in [5.41, 5.74) is -0.501. The molecule has 0 aliphatic rings. The van der Waals surface area contributed by atoms with Gasteiger partial charge in [0.15, 0.2) is 0 Å². The SMILES string of the molecule is CCN(C)C(=O)C(C)NC(=O)c1cc([N+](=O)[O-])cnc1Cl. The first-order chi connectivity index (χ1) is 9.77. The van der Waals surface area contributed by atoms with Gasteiger partial charge in [-0.1, -0.05) is 11.6 Å². The fraction of sp³-hybridized carbons (Fsp3) is 0.417. The van der Waals surface area contributed by atoms with E-state index in [1.54, 1.807) is 14.0 Å². The first kappa shape index (κ1) is 16.8. The number of carbonyl (C=O) groups excluding carboxylic acids is 2. The van der Waals surface area contributed by atoms with Gasteiger partial charge in [0, 0.05) is 19.7 Å². The molecule has 1 N–H and O–H groups in total. The first-order valence-electron chi connectivity index (χ1n) is 6.13. The number of nitrogens with one attached hydrogen (secondary N) is 1. The second-order valence-electron chi connectivity index (χ2n) is 4.34. The molecule has 0 fully saturated rings. The zero-order valence-electron chi connectivity index (χ0n) is 11.8. The number of halogens is 1. The molecule has 1 rings (SSSR count). The molecule has 21 heavy (non-hydrogen) atoms. The zero-order chi connectivity index (χ0) is 16.2. The Hall–Kier alpha value is -2.22. The molecule has 1 unspecified atom stereocenters. The van der Waals surface area contributed by atoms with Gasteiger partial charge in [-0.05, 0) is 13.8 Å². The van der Waals surface area contributed by atoms with E-state index in [2.05, 4.69) is 10.3 Å². The largest absolute Gasteiger partial charge is 0.344 e. The smallest absolute Gasteiger partial charge is 0.288 e. The number of nitro groups is 1. The maximum atomic E-state index is 12.0. The van der Waals surface area contributed by atoms with Gasteiger partial charge in [0.25, 0.3) is 11.6 Å². The Kier molecular flexibility index (Phi) is 5.60. The molecule has 0 saturated heterocycles. The molecule has 0 saturated carbocycles. The van der Waals surface area contributed by atoms with Crippen molar-refractivity contribution in [2.75, 3.05) is 13.6 Å². The number of likely N-dealkylation sites (N-methyl/N-ethyl adjacent to an activating group) is 1. The summed E-state index contributed by atoms with van der Waals surface area (Å²) < 4.78 is 0. The Morgan fingerprint density at radius 3 is 2.71 bits per heavy atom. The molecule has 8 nitrogen and oxygen atoms in total. The number of amides is 2. The van der Waals surface area contributed by atoms with Crippen LogP contribution in [0.5, 0.6) is 0 Å². The highest BCUT2D eigenvalue weighted by Gasteiger charge is 2.22.